The van der Waals surface area contributed by atoms with Gasteiger partial charge < -0.3 is 9.15 Å². The van der Waals surface area contributed by atoms with E-state index in [1.165, 1.54) is 17.8 Å². The van der Waals surface area contributed by atoms with Crippen LogP contribution < -0.4 is 0 Å². The minimum absolute atomic E-state index is 0.185. The van der Waals surface area contributed by atoms with Crippen LogP contribution in [0.3, 0.4) is 0 Å². The summed E-state index contributed by atoms with van der Waals surface area (Å²) in [5.74, 6) is 0.702. The second-order valence-electron chi connectivity index (χ2n) is 3.88. The van der Waals surface area contributed by atoms with Gasteiger partial charge in [0, 0.05) is 22.9 Å². The van der Waals surface area contributed by atoms with Crippen LogP contribution in [0.15, 0.2) is 27.8 Å². The van der Waals surface area contributed by atoms with Crippen molar-refractivity contribution in [1.82, 2.24) is 10.2 Å². The van der Waals surface area contributed by atoms with Gasteiger partial charge in [-0.2, -0.15) is 0 Å². The molecule has 1 aromatic heterocycles. The summed E-state index contributed by atoms with van der Waals surface area (Å²) in [6.07, 6.45) is 0.185. The number of benzene rings is 1. The van der Waals surface area contributed by atoms with E-state index >= 15 is 0 Å². The number of rotatable bonds is 7. The summed E-state index contributed by atoms with van der Waals surface area (Å²) >= 11 is 7.36. The predicted octanol–water partition coefficient (Wildman–Crippen LogP) is 3.58. The average Bonchev–Trinajstić information content (AvgIpc) is 2.87. The molecule has 108 valence electrons. The maximum atomic E-state index is 13.6. The highest BCUT2D eigenvalue weighted by Crippen LogP contribution is 2.23. The highest BCUT2D eigenvalue weighted by Gasteiger charge is 2.13. The molecule has 2 rings (SSSR count). The van der Waals surface area contributed by atoms with Crippen molar-refractivity contribution in [3.8, 4) is 0 Å². The Kier molecular flexibility index (Phi) is 5.82. The smallest absolute Gasteiger partial charge is 0.276 e. The molecule has 0 unspecified atom stereocenters. The Morgan fingerprint density at radius 3 is 3.00 bits per heavy atom. The Labute approximate surface area is 125 Å². The minimum atomic E-state index is -0.374. The maximum Gasteiger partial charge on any atom is 0.276 e. The fraction of sp³-hybridized carbons (Fsp3) is 0.385. The fourth-order valence-electron chi connectivity index (χ4n) is 1.55. The summed E-state index contributed by atoms with van der Waals surface area (Å²) in [6, 6.07) is 4.55. The average molecular weight is 317 g/mol. The van der Waals surface area contributed by atoms with Gasteiger partial charge in [0.1, 0.15) is 5.82 Å². The van der Waals surface area contributed by atoms with E-state index in [-0.39, 0.29) is 12.2 Å². The van der Waals surface area contributed by atoms with Crippen LogP contribution in [-0.2, 0) is 11.2 Å². The standard InChI is InChI=1S/C13H14ClFN2O2S/c1-2-18-6-7-20-13-17-16-12(19-13)8-9-10(14)4-3-5-11(9)15/h3-5H,2,6-8H2,1H3. The lowest BCUT2D eigenvalue weighted by Gasteiger charge is -2.02. The van der Waals surface area contributed by atoms with E-state index in [9.17, 15) is 4.39 Å². The number of ether oxygens (including phenoxy) is 1. The van der Waals surface area contributed by atoms with E-state index in [2.05, 4.69) is 10.2 Å². The topological polar surface area (TPSA) is 48.2 Å². The summed E-state index contributed by atoms with van der Waals surface area (Å²) in [5.41, 5.74) is 0.365. The molecule has 1 heterocycles. The van der Waals surface area contributed by atoms with Crippen molar-refractivity contribution >= 4 is 23.4 Å². The normalized spacial score (nSPS) is 10.9. The molecule has 0 amide bonds. The first-order valence-electron chi connectivity index (χ1n) is 6.16. The summed E-state index contributed by atoms with van der Waals surface area (Å²) in [6.45, 7) is 3.24. The second kappa shape index (κ2) is 7.61. The van der Waals surface area contributed by atoms with E-state index in [1.807, 2.05) is 6.92 Å². The second-order valence-corrected chi connectivity index (χ2v) is 5.34. The van der Waals surface area contributed by atoms with Gasteiger partial charge in [-0.25, -0.2) is 4.39 Å². The van der Waals surface area contributed by atoms with Gasteiger partial charge in [0.05, 0.1) is 13.0 Å². The molecule has 0 saturated carbocycles. The molecular weight excluding hydrogens is 303 g/mol. The molecule has 0 aliphatic heterocycles. The van der Waals surface area contributed by atoms with Crippen LogP contribution in [0.2, 0.25) is 5.02 Å². The first-order chi connectivity index (χ1) is 9.70. The molecule has 1 aromatic carbocycles. The Hall–Kier alpha value is -1.11. The first-order valence-corrected chi connectivity index (χ1v) is 7.53. The molecule has 0 N–H and O–H groups in total. The van der Waals surface area contributed by atoms with Crippen LogP contribution in [0, 0.1) is 5.82 Å². The molecular formula is C13H14ClFN2O2S. The number of thioether (sulfide) groups is 1. The molecule has 7 heteroatoms. The van der Waals surface area contributed by atoms with Gasteiger partial charge >= 0.3 is 0 Å². The Balaban J connectivity index is 1.96. The largest absolute Gasteiger partial charge is 0.416 e. The SMILES string of the molecule is CCOCCSc1nnc(Cc2c(F)cccc2Cl)o1. The van der Waals surface area contributed by atoms with Crippen LogP contribution in [0.4, 0.5) is 4.39 Å². The van der Waals surface area contributed by atoms with E-state index in [4.69, 9.17) is 20.8 Å². The molecule has 0 saturated heterocycles. The van der Waals surface area contributed by atoms with Gasteiger partial charge in [-0.3, -0.25) is 0 Å². The summed E-state index contributed by atoms with van der Waals surface area (Å²) in [7, 11) is 0. The molecule has 0 aliphatic carbocycles. The summed E-state index contributed by atoms with van der Waals surface area (Å²) < 4.78 is 24.3. The number of aromatic nitrogens is 2. The molecule has 0 aliphatic rings. The zero-order valence-electron chi connectivity index (χ0n) is 10.9. The van der Waals surface area contributed by atoms with E-state index < -0.39 is 0 Å². The Morgan fingerprint density at radius 1 is 1.40 bits per heavy atom. The van der Waals surface area contributed by atoms with Gasteiger partial charge in [0.2, 0.25) is 5.89 Å². The lowest BCUT2D eigenvalue weighted by atomic mass is 10.1. The summed E-state index contributed by atoms with van der Waals surface area (Å²) in [5, 5.41) is 8.59. The third-order valence-electron chi connectivity index (χ3n) is 2.50. The van der Waals surface area contributed by atoms with Crippen molar-refractivity contribution in [2.75, 3.05) is 19.0 Å². The van der Waals surface area contributed by atoms with Crippen LogP contribution in [0.25, 0.3) is 0 Å². The third kappa shape index (κ3) is 4.19. The molecule has 0 spiro atoms. The van der Waals surface area contributed by atoms with Gasteiger partial charge in [0.15, 0.2) is 0 Å². The van der Waals surface area contributed by atoms with Gasteiger partial charge in [-0.15, -0.1) is 10.2 Å². The molecule has 0 radical (unpaired) electrons. The lowest BCUT2D eigenvalue weighted by molar-refractivity contribution is 0.164. The van der Waals surface area contributed by atoms with Crippen molar-refractivity contribution in [3.63, 3.8) is 0 Å². The number of hydrogen-bond donors (Lipinski definition) is 0. The zero-order chi connectivity index (χ0) is 14.4. The lowest BCUT2D eigenvalue weighted by Crippen LogP contribution is -1.95. The van der Waals surface area contributed by atoms with E-state index in [1.54, 1.807) is 12.1 Å². The third-order valence-corrected chi connectivity index (χ3v) is 3.63. The molecule has 20 heavy (non-hydrogen) atoms. The van der Waals surface area contributed by atoms with Gasteiger partial charge in [-0.05, 0) is 19.1 Å². The highest BCUT2D eigenvalue weighted by molar-refractivity contribution is 7.99. The number of halogens is 2. The van der Waals surface area contributed by atoms with Crippen molar-refractivity contribution in [3.05, 3.63) is 40.5 Å². The van der Waals surface area contributed by atoms with Gasteiger partial charge in [0.25, 0.3) is 5.22 Å². The van der Waals surface area contributed by atoms with Crippen LogP contribution in [0.5, 0.6) is 0 Å². The van der Waals surface area contributed by atoms with Crippen molar-refractivity contribution < 1.29 is 13.5 Å². The Bertz CT molecular complexity index is 545. The number of hydrogen-bond acceptors (Lipinski definition) is 5. The minimum Gasteiger partial charge on any atom is -0.416 e. The molecule has 2 aromatic rings. The van der Waals surface area contributed by atoms with E-state index in [0.29, 0.717) is 34.9 Å². The van der Waals surface area contributed by atoms with E-state index in [0.717, 1.165) is 5.75 Å². The van der Waals surface area contributed by atoms with Crippen LogP contribution in [-0.4, -0.2) is 29.2 Å². The molecule has 0 atom stereocenters. The monoisotopic (exact) mass is 316 g/mol. The van der Waals surface area contributed by atoms with Crippen LogP contribution >= 0.6 is 23.4 Å². The molecule has 0 fully saturated rings. The van der Waals surface area contributed by atoms with Crippen LogP contribution in [0.1, 0.15) is 18.4 Å². The summed E-state index contributed by atoms with van der Waals surface area (Å²) in [4.78, 5) is 0. The quantitative estimate of drug-likeness (QED) is 0.577. The predicted molar refractivity (Wildman–Crippen MR) is 75.7 cm³/mol. The molecule has 4 nitrogen and oxygen atoms in total. The maximum absolute atomic E-state index is 13.6. The molecule has 0 bridgehead atoms. The van der Waals surface area contributed by atoms with Crippen molar-refractivity contribution in [1.29, 1.82) is 0 Å². The zero-order valence-corrected chi connectivity index (χ0v) is 12.5. The fourth-order valence-corrected chi connectivity index (χ4v) is 2.41. The Morgan fingerprint density at radius 2 is 2.25 bits per heavy atom. The van der Waals surface area contributed by atoms with Crippen molar-refractivity contribution in [2.24, 2.45) is 0 Å². The van der Waals surface area contributed by atoms with Gasteiger partial charge in [-0.1, -0.05) is 29.4 Å². The number of nitrogens with zero attached hydrogens (tertiary/aromatic N) is 2. The highest BCUT2D eigenvalue weighted by atomic mass is 35.5. The van der Waals surface area contributed by atoms with Crippen molar-refractivity contribution in [2.45, 2.75) is 18.6 Å². The first kappa shape index (κ1) is 15.3.